The predicted molar refractivity (Wildman–Crippen MR) is 75.7 cm³/mol. The first-order chi connectivity index (χ1) is 10.0. The van der Waals surface area contributed by atoms with Gasteiger partial charge in [-0.1, -0.05) is 18.3 Å². The van der Waals surface area contributed by atoms with Gasteiger partial charge in [0.2, 0.25) is 0 Å². The average Bonchev–Trinajstić information content (AvgIpc) is 2.76. The van der Waals surface area contributed by atoms with Gasteiger partial charge in [0, 0.05) is 11.6 Å². The molecule has 1 aliphatic heterocycles. The zero-order chi connectivity index (χ0) is 15.1. The van der Waals surface area contributed by atoms with Crippen LogP contribution in [0.1, 0.15) is 6.23 Å². The smallest absolute Gasteiger partial charge is 0.163 e. The van der Waals surface area contributed by atoms with Crippen molar-refractivity contribution >= 4 is 23.0 Å². The van der Waals surface area contributed by atoms with E-state index in [1.165, 1.54) is 16.7 Å². The molecule has 0 spiro atoms. The van der Waals surface area contributed by atoms with Gasteiger partial charge >= 0.3 is 0 Å². The van der Waals surface area contributed by atoms with E-state index < -0.39 is 37.0 Å². The third-order valence-electron chi connectivity index (χ3n) is 3.69. The minimum atomic E-state index is -1.22. The Morgan fingerprint density at radius 1 is 1.24 bits per heavy atom. The number of aliphatic hydroxyl groups is 3. The summed E-state index contributed by atoms with van der Waals surface area (Å²) in [6.45, 7) is -0.412. The van der Waals surface area contributed by atoms with E-state index in [0.717, 1.165) is 5.39 Å². The van der Waals surface area contributed by atoms with Gasteiger partial charge in [0.15, 0.2) is 6.23 Å². The highest BCUT2D eigenvalue weighted by Gasteiger charge is 2.43. The molecule has 21 heavy (non-hydrogen) atoms. The van der Waals surface area contributed by atoms with Crippen LogP contribution in [0, 0.1) is 10.5 Å². The summed E-state index contributed by atoms with van der Waals surface area (Å²) in [5.74, 6) is -0.410. The Morgan fingerprint density at radius 3 is 2.67 bits per heavy atom. The van der Waals surface area contributed by atoms with E-state index in [-0.39, 0.29) is 0 Å². The molecule has 3 rings (SSSR count). The lowest BCUT2D eigenvalue weighted by Crippen LogP contribution is -2.33. The summed E-state index contributed by atoms with van der Waals surface area (Å²) in [6.07, 6.45) is -2.61. The van der Waals surface area contributed by atoms with E-state index in [1.807, 2.05) is 0 Å². The van der Waals surface area contributed by atoms with Crippen LogP contribution >= 0.6 is 12.2 Å². The molecule has 2 heterocycles. The number of pyridine rings is 1. The molecule has 0 unspecified atom stereocenters. The molecule has 1 aromatic carbocycles. The van der Waals surface area contributed by atoms with Gasteiger partial charge in [-0.3, -0.25) is 0 Å². The Labute approximate surface area is 124 Å². The first kappa shape index (κ1) is 14.6. The summed E-state index contributed by atoms with van der Waals surface area (Å²) in [5.41, 5.74) is 0. The van der Waals surface area contributed by atoms with Crippen molar-refractivity contribution in [1.82, 2.24) is 4.57 Å². The molecule has 1 saturated heterocycles. The highest BCUT2D eigenvalue weighted by atomic mass is 32.1. The summed E-state index contributed by atoms with van der Waals surface area (Å²) >= 11 is 5.32. The van der Waals surface area contributed by atoms with Gasteiger partial charge in [-0.05, 0) is 23.6 Å². The van der Waals surface area contributed by atoms with E-state index in [0.29, 0.717) is 10.0 Å². The van der Waals surface area contributed by atoms with Crippen LogP contribution in [-0.2, 0) is 4.74 Å². The van der Waals surface area contributed by atoms with Gasteiger partial charge in [-0.15, -0.1) is 0 Å². The molecule has 4 atom stereocenters. The topological polar surface area (TPSA) is 74.9 Å². The lowest BCUT2D eigenvalue weighted by molar-refractivity contribution is -0.0533. The molecule has 3 N–H and O–H groups in total. The van der Waals surface area contributed by atoms with Crippen molar-refractivity contribution in [3.63, 3.8) is 0 Å². The van der Waals surface area contributed by atoms with Crippen molar-refractivity contribution in [2.75, 3.05) is 6.61 Å². The number of aromatic nitrogens is 1. The molecule has 2 aromatic rings. The van der Waals surface area contributed by atoms with Crippen molar-refractivity contribution in [2.24, 2.45) is 0 Å². The first-order valence-electron chi connectivity index (χ1n) is 6.46. The zero-order valence-corrected chi connectivity index (χ0v) is 11.7. The minimum Gasteiger partial charge on any atom is -0.394 e. The maximum absolute atomic E-state index is 13.4. The Morgan fingerprint density at radius 2 is 2.00 bits per heavy atom. The molecule has 7 heteroatoms. The lowest BCUT2D eigenvalue weighted by Gasteiger charge is -2.19. The van der Waals surface area contributed by atoms with E-state index >= 15 is 0 Å². The number of hydrogen-bond donors (Lipinski definition) is 3. The first-order valence-corrected chi connectivity index (χ1v) is 6.86. The van der Waals surface area contributed by atoms with Crippen LogP contribution in [0.3, 0.4) is 0 Å². The van der Waals surface area contributed by atoms with Crippen LogP contribution in [0.25, 0.3) is 10.8 Å². The maximum atomic E-state index is 13.4. The number of hydrogen-bond acceptors (Lipinski definition) is 5. The van der Waals surface area contributed by atoms with Crippen LogP contribution in [0.2, 0.25) is 0 Å². The normalized spacial score (nSPS) is 29.1. The van der Waals surface area contributed by atoms with Crippen LogP contribution in [-0.4, -0.2) is 44.8 Å². The SMILES string of the molecule is OC[C@H]1O[C@@H](n2ccc3ccc(F)cc3c2=S)[C@H](O)[C@@H]1O. The second kappa shape index (κ2) is 5.43. The number of rotatable bonds is 2. The molecule has 0 radical (unpaired) electrons. The summed E-state index contributed by atoms with van der Waals surface area (Å²) in [7, 11) is 0. The Bertz CT molecular complexity index is 734. The lowest BCUT2D eigenvalue weighted by atomic mass is 10.1. The Hall–Kier alpha value is -1.38. The quantitative estimate of drug-likeness (QED) is 0.725. The van der Waals surface area contributed by atoms with Gasteiger partial charge in [0.25, 0.3) is 0 Å². The van der Waals surface area contributed by atoms with Gasteiger partial charge in [0.1, 0.15) is 28.8 Å². The van der Waals surface area contributed by atoms with Crippen LogP contribution in [0.4, 0.5) is 4.39 Å². The van der Waals surface area contributed by atoms with E-state index in [9.17, 15) is 14.6 Å². The summed E-state index contributed by atoms with van der Waals surface area (Å²) in [5, 5.41) is 30.2. The van der Waals surface area contributed by atoms with Gasteiger partial charge in [0.05, 0.1) is 6.61 Å². The highest BCUT2D eigenvalue weighted by molar-refractivity contribution is 7.71. The van der Waals surface area contributed by atoms with Crippen molar-refractivity contribution in [2.45, 2.75) is 24.5 Å². The van der Waals surface area contributed by atoms with Crippen LogP contribution < -0.4 is 0 Å². The summed E-state index contributed by atoms with van der Waals surface area (Å²) in [6, 6.07) is 5.99. The van der Waals surface area contributed by atoms with Crippen molar-refractivity contribution in [3.8, 4) is 0 Å². The Kier molecular flexibility index (Phi) is 3.76. The molecule has 0 bridgehead atoms. The molecular formula is C14H14FNO4S. The van der Waals surface area contributed by atoms with Crippen LogP contribution in [0.15, 0.2) is 30.5 Å². The van der Waals surface area contributed by atoms with Crippen molar-refractivity contribution in [3.05, 3.63) is 40.9 Å². The summed E-state index contributed by atoms with van der Waals surface area (Å²) in [4.78, 5) is 0. The number of fused-ring (bicyclic) bond motifs is 1. The molecule has 5 nitrogen and oxygen atoms in total. The number of halogens is 1. The van der Waals surface area contributed by atoms with Crippen molar-refractivity contribution in [1.29, 1.82) is 0 Å². The fourth-order valence-electron chi connectivity index (χ4n) is 2.54. The number of ether oxygens (including phenoxy) is 1. The molecule has 1 aliphatic rings. The number of nitrogens with zero attached hydrogens (tertiary/aromatic N) is 1. The second-order valence-corrected chi connectivity index (χ2v) is 5.38. The van der Waals surface area contributed by atoms with Gasteiger partial charge in [-0.25, -0.2) is 4.39 Å². The summed E-state index contributed by atoms with van der Waals surface area (Å²) < 4.78 is 20.6. The number of benzene rings is 1. The van der Waals surface area contributed by atoms with E-state index in [4.69, 9.17) is 22.1 Å². The van der Waals surface area contributed by atoms with E-state index in [1.54, 1.807) is 18.3 Å². The fourth-order valence-corrected chi connectivity index (χ4v) is 2.88. The van der Waals surface area contributed by atoms with E-state index in [2.05, 4.69) is 0 Å². The van der Waals surface area contributed by atoms with Gasteiger partial charge in [-0.2, -0.15) is 0 Å². The third kappa shape index (κ3) is 2.37. The molecule has 0 amide bonds. The molecule has 0 saturated carbocycles. The average molecular weight is 311 g/mol. The Balaban J connectivity index is 2.09. The molecule has 112 valence electrons. The zero-order valence-electron chi connectivity index (χ0n) is 10.9. The van der Waals surface area contributed by atoms with Crippen LogP contribution in [0.5, 0.6) is 0 Å². The molecule has 0 aliphatic carbocycles. The third-order valence-corrected chi connectivity index (χ3v) is 4.12. The molecule has 1 aromatic heterocycles. The monoisotopic (exact) mass is 311 g/mol. The van der Waals surface area contributed by atoms with Gasteiger partial charge < -0.3 is 24.6 Å². The highest BCUT2D eigenvalue weighted by Crippen LogP contribution is 2.31. The molecular weight excluding hydrogens is 297 g/mol. The standard InChI is InChI=1S/C14H14FNO4S/c15-8-2-1-7-3-4-16(14(21)9(7)5-8)13-12(19)11(18)10(6-17)20-13/h1-5,10-13,17-19H,6H2/t10-,11-,12-,13-/m1/s1. The molecule has 1 fully saturated rings. The van der Waals surface area contributed by atoms with Crippen molar-refractivity contribution < 1.29 is 24.4 Å². The minimum absolute atomic E-state index is 0.293. The number of aliphatic hydroxyl groups excluding tert-OH is 3. The predicted octanol–water partition coefficient (Wildman–Crippen LogP) is 1.12. The maximum Gasteiger partial charge on any atom is 0.163 e. The largest absolute Gasteiger partial charge is 0.394 e. The second-order valence-electron chi connectivity index (χ2n) is 4.99. The fraction of sp³-hybridized carbons (Fsp3) is 0.357.